The number of carbonyl (C=O) groups is 1. The second-order valence-corrected chi connectivity index (χ2v) is 6.73. The molecule has 0 bridgehead atoms. The van der Waals surface area contributed by atoms with E-state index in [-0.39, 0.29) is 5.91 Å². The molecule has 5 nitrogen and oxygen atoms in total. The van der Waals surface area contributed by atoms with Gasteiger partial charge in [0.15, 0.2) is 5.16 Å². The van der Waals surface area contributed by atoms with Crippen molar-refractivity contribution in [2.24, 2.45) is 0 Å². The summed E-state index contributed by atoms with van der Waals surface area (Å²) in [5.74, 6) is 1.10. The van der Waals surface area contributed by atoms with Crippen molar-refractivity contribution in [3.8, 4) is 22.7 Å². The van der Waals surface area contributed by atoms with Crippen LogP contribution in [-0.2, 0) is 4.79 Å². The van der Waals surface area contributed by atoms with Crippen LogP contribution in [0, 0.1) is 6.92 Å². The Hall–Kier alpha value is -2.73. The van der Waals surface area contributed by atoms with E-state index in [4.69, 9.17) is 4.74 Å². The molecule has 0 radical (unpaired) electrons. The fraction of sp³-hybridized carbons (Fsp3) is 0.200. The van der Waals surface area contributed by atoms with E-state index in [0.29, 0.717) is 5.75 Å². The molecule has 0 atom stereocenters. The van der Waals surface area contributed by atoms with Gasteiger partial charge in [-0.1, -0.05) is 29.5 Å². The van der Waals surface area contributed by atoms with E-state index < -0.39 is 0 Å². The number of aryl methyl sites for hydroxylation is 1. The summed E-state index contributed by atoms with van der Waals surface area (Å²) in [5.41, 5.74) is 4.21. The van der Waals surface area contributed by atoms with Gasteiger partial charge < -0.3 is 10.1 Å². The molecule has 0 unspecified atom stereocenters. The Balaban J connectivity index is 2.04. The molecule has 26 heavy (non-hydrogen) atoms. The maximum absolute atomic E-state index is 11.6. The summed E-state index contributed by atoms with van der Waals surface area (Å²) in [4.78, 5) is 16.2. The van der Waals surface area contributed by atoms with E-state index in [9.17, 15) is 4.79 Å². The summed E-state index contributed by atoms with van der Waals surface area (Å²) < 4.78 is 7.32. The topological polar surface area (TPSA) is 56.1 Å². The van der Waals surface area contributed by atoms with E-state index >= 15 is 0 Å². The van der Waals surface area contributed by atoms with E-state index in [1.54, 1.807) is 14.2 Å². The molecule has 1 heterocycles. The zero-order valence-electron chi connectivity index (χ0n) is 15.0. The summed E-state index contributed by atoms with van der Waals surface area (Å²) in [6.45, 7) is 2.06. The van der Waals surface area contributed by atoms with Gasteiger partial charge in [0.05, 0.1) is 24.8 Å². The van der Waals surface area contributed by atoms with Crippen LogP contribution in [-0.4, -0.2) is 35.4 Å². The smallest absolute Gasteiger partial charge is 0.230 e. The van der Waals surface area contributed by atoms with Crippen molar-refractivity contribution in [3.63, 3.8) is 0 Å². The summed E-state index contributed by atoms with van der Waals surface area (Å²) in [6.07, 6.45) is 1.84. The number of nitrogens with one attached hydrogen (secondary N) is 1. The lowest BCUT2D eigenvalue weighted by Crippen LogP contribution is -2.20. The Morgan fingerprint density at radius 2 is 1.85 bits per heavy atom. The average Bonchev–Trinajstić information content (AvgIpc) is 3.10. The first-order valence-electron chi connectivity index (χ1n) is 8.25. The number of carbonyl (C=O) groups excluding carboxylic acids is 1. The van der Waals surface area contributed by atoms with Crippen LogP contribution in [0.5, 0.6) is 5.75 Å². The van der Waals surface area contributed by atoms with Crippen LogP contribution in [0.15, 0.2) is 59.9 Å². The van der Waals surface area contributed by atoms with Gasteiger partial charge in [0, 0.05) is 18.3 Å². The quantitative estimate of drug-likeness (QED) is 0.675. The molecule has 0 saturated heterocycles. The zero-order chi connectivity index (χ0) is 18.5. The molecule has 1 N–H and O–H groups in total. The molecule has 3 aromatic rings. The molecular weight excluding hydrogens is 346 g/mol. The van der Waals surface area contributed by atoms with Crippen LogP contribution >= 0.6 is 11.8 Å². The molecule has 1 aromatic heterocycles. The lowest BCUT2D eigenvalue weighted by molar-refractivity contribution is -0.118. The third kappa shape index (κ3) is 3.91. The minimum absolute atomic E-state index is 0.0283. The Morgan fingerprint density at radius 1 is 1.15 bits per heavy atom. The first-order valence-corrected chi connectivity index (χ1v) is 9.23. The first kappa shape index (κ1) is 18.1. The second-order valence-electron chi connectivity index (χ2n) is 5.79. The SMILES string of the molecule is CNC(=O)CSc1ncc(-c2ccc(OC)cc2)n1-c1ccc(C)cc1. The Kier molecular flexibility index (Phi) is 5.63. The van der Waals surface area contributed by atoms with Gasteiger partial charge >= 0.3 is 0 Å². The second kappa shape index (κ2) is 8.10. The summed E-state index contributed by atoms with van der Waals surface area (Å²) in [6, 6.07) is 16.1. The maximum Gasteiger partial charge on any atom is 0.230 e. The number of imidazole rings is 1. The van der Waals surface area contributed by atoms with Gasteiger partial charge in [0.1, 0.15) is 5.75 Å². The lowest BCUT2D eigenvalue weighted by Gasteiger charge is -2.12. The number of aromatic nitrogens is 2. The van der Waals surface area contributed by atoms with Gasteiger partial charge in [-0.15, -0.1) is 0 Å². The van der Waals surface area contributed by atoms with Gasteiger partial charge in [-0.2, -0.15) is 0 Å². The number of methoxy groups -OCH3 is 1. The highest BCUT2D eigenvalue weighted by Crippen LogP contribution is 2.30. The highest BCUT2D eigenvalue weighted by molar-refractivity contribution is 7.99. The molecule has 0 aliphatic carbocycles. The van der Waals surface area contributed by atoms with Crippen molar-refractivity contribution < 1.29 is 9.53 Å². The highest BCUT2D eigenvalue weighted by atomic mass is 32.2. The molecule has 0 aliphatic heterocycles. The van der Waals surface area contributed by atoms with Crippen LogP contribution in [0.3, 0.4) is 0 Å². The van der Waals surface area contributed by atoms with Crippen LogP contribution in [0.4, 0.5) is 0 Å². The highest BCUT2D eigenvalue weighted by Gasteiger charge is 2.15. The minimum atomic E-state index is -0.0283. The van der Waals surface area contributed by atoms with E-state index in [0.717, 1.165) is 27.9 Å². The summed E-state index contributed by atoms with van der Waals surface area (Å²) in [7, 11) is 3.29. The number of hydrogen-bond acceptors (Lipinski definition) is 4. The number of nitrogens with zero attached hydrogens (tertiary/aromatic N) is 2. The van der Waals surface area contributed by atoms with Gasteiger partial charge in [0.2, 0.25) is 5.91 Å². The van der Waals surface area contributed by atoms with Crippen LogP contribution < -0.4 is 10.1 Å². The monoisotopic (exact) mass is 367 g/mol. The molecule has 0 saturated carbocycles. The average molecular weight is 367 g/mol. The van der Waals surface area contributed by atoms with Crippen LogP contribution in [0.2, 0.25) is 0 Å². The molecule has 1 amide bonds. The van der Waals surface area contributed by atoms with Crippen molar-refractivity contribution in [3.05, 3.63) is 60.3 Å². The van der Waals surface area contributed by atoms with Crippen molar-refractivity contribution in [2.45, 2.75) is 12.1 Å². The fourth-order valence-corrected chi connectivity index (χ4v) is 3.41. The molecule has 6 heteroatoms. The normalized spacial score (nSPS) is 10.6. The Morgan fingerprint density at radius 3 is 2.46 bits per heavy atom. The molecule has 0 aliphatic rings. The first-order chi connectivity index (χ1) is 12.6. The third-order valence-corrected chi connectivity index (χ3v) is 4.97. The van der Waals surface area contributed by atoms with Gasteiger partial charge in [-0.25, -0.2) is 4.98 Å². The van der Waals surface area contributed by atoms with E-state index in [2.05, 4.69) is 46.1 Å². The zero-order valence-corrected chi connectivity index (χ0v) is 15.8. The van der Waals surface area contributed by atoms with Crippen LogP contribution in [0.1, 0.15) is 5.56 Å². The minimum Gasteiger partial charge on any atom is -0.497 e. The Bertz CT molecular complexity index is 886. The molecule has 134 valence electrons. The Labute approximate surface area is 157 Å². The molecule has 3 rings (SSSR count). The fourth-order valence-electron chi connectivity index (χ4n) is 2.55. The number of ether oxygens (including phenoxy) is 1. The number of amides is 1. The van der Waals surface area contributed by atoms with Crippen molar-refractivity contribution in [1.29, 1.82) is 0 Å². The van der Waals surface area contributed by atoms with Gasteiger partial charge in [-0.3, -0.25) is 9.36 Å². The van der Waals surface area contributed by atoms with Gasteiger partial charge in [0.25, 0.3) is 0 Å². The number of hydrogen-bond donors (Lipinski definition) is 1. The molecule has 0 spiro atoms. The molecule has 2 aromatic carbocycles. The van der Waals surface area contributed by atoms with E-state index in [1.165, 1.54) is 17.3 Å². The standard InChI is InChI=1S/C20H21N3O2S/c1-14-4-8-16(9-5-14)23-18(15-6-10-17(25-3)11-7-15)12-22-20(23)26-13-19(24)21-2/h4-12H,13H2,1-3H3,(H,21,24). The van der Waals surface area contributed by atoms with Crippen molar-refractivity contribution in [2.75, 3.05) is 19.9 Å². The van der Waals surface area contributed by atoms with Crippen molar-refractivity contribution >= 4 is 17.7 Å². The molecular formula is C20H21N3O2S. The third-order valence-electron chi connectivity index (χ3n) is 4.02. The summed E-state index contributed by atoms with van der Waals surface area (Å²) >= 11 is 1.42. The number of thioether (sulfide) groups is 1. The van der Waals surface area contributed by atoms with Crippen molar-refractivity contribution in [1.82, 2.24) is 14.9 Å². The number of rotatable bonds is 6. The predicted octanol–water partition coefficient (Wildman–Crippen LogP) is 3.69. The van der Waals surface area contributed by atoms with Gasteiger partial charge in [-0.05, 0) is 43.3 Å². The van der Waals surface area contributed by atoms with Crippen LogP contribution in [0.25, 0.3) is 16.9 Å². The largest absolute Gasteiger partial charge is 0.497 e. The van der Waals surface area contributed by atoms with E-state index in [1.807, 2.05) is 30.5 Å². The molecule has 0 fully saturated rings. The number of benzene rings is 2. The maximum atomic E-state index is 11.6. The summed E-state index contributed by atoms with van der Waals surface area (Å²) in [5, 5.41) is 3.42. The lowest BCUT2D eigenvalue weighted by atomic mass is 10.1. The predicted molar refractivity (Wildman–Crippen MR) is 105 cm³/mol.